The van der Waals surface area contributed by atoms with Crippen molar-refractivity contribution in [2.24, 2.45) is 0 Å². The van der Waals surface area contributed by atoms with E-state index in [0.717, 1.165) is 238 Å². The van der Waals surface area contributed by atoms with Gasteiger partial charge in [0.1, 0.15) is 61.4 Å². The van der Waals surface area contributed by atoms with Gasteiger partial charge in [-0.15, -0.1) is 0 Å². The Morgan fingerprint density at radius 2 is 0.417 bits per heavy atom. The van der Waals surface area contributed by atoms with Crippen LogP contribution in [-0.2, 0) is 0 Å². The highest BCUT2D eigenvalue weighted by Gasteiger charge is 2.21. The number of anilines is 12. The summed E-state index contributed by atoms with van der Waals surface area (Å²) < 4.78 is 37.2. The van der Waals surface area contributed by atoms with Gasteiger partial charge in [-0.1, -0.05) is 334 Å². The lowest BCUT2D eigenvalue weighted by Gasteiger charge is -2.10. The van der Waals surface area contributed by atoms with Crippen LogP contribution in [0.2, 0.25) is 0 Å². The molecule has 0 atom stereocenters. The summed E-state index contributed by atoms with van der Waals surface area (Å²) in [5.74, 6) is 0. The van der Waals surface area contributed by atoms with Crippen LogP contribution in [0.3, 0.4) is 0 Å². The Kier molecular flexibility index (Phi) is 22.8. The molecule has 0 amide bonds. The zero-order valence-corrected chi connectivity index (χ0v) is 77.9. The van der Waals surface area contributed by atoms with Crippen LogP contribution in [0, 0.1) is 0 Å². The number of hydrogen-bond acceptors (Lipinski definition) is 12. The highest BCUT2D eigenvalue weighted by molar-refractivity contribution is 6.24. The highest BCUT2D eigenvalue weighted by Crippen LogP contribution is 2.47. The summed E-state index contributed by atoms with van der Waals surface area (Å²) in [6, 6.07) is 174. The lowest BCUT2D eigenvalue weighted by molar-refractivity contribution is 0.672. The molecule has 30 aromatic rings. The molecule has 24 aromatic carbocycles. The zero-order chi connectivity index (χ0) is 95.6. The first-order valence-corrected chi connectivity index (χ1v) is 48.3. The number of fused-ring (bicyclic) bond motifs is 30. The molecular weight excluding hydrogens is 1770 g/mol. The molecule has 144 heavy (non-hydrogen) atoms. The summed E-state index contributed by atoms with van der Waals surface area (Å²) >= 11 is 0. The molecule has 0 bridgehead atoms. The second kappa shape index (κ2) is 38.1. The summed E-state index contributed by atoms with van der Waals surface area (Å²) in [6.45, 7) is 0. The molecule has 0 fully saturated rings. The maximum absolute atomic E-state index is 6.31. The van der Waals surface area contributed by atoms with Crippen LogP contribution in [0.1, 0.15) is 0 Å². The number of nitrogens with one attached hydrogen (secondary N) is 6. The Labute approximate surface area is 826 Å². The molecule has 0 spiro atoms. The fourth-order valence-electron chi connectivity index (χ4n) is 19.8. The molecule has 0 saturated carbocycles. The SMILES string of the molecule is c1ccc(Nc2cc3c4ccccc4oc3c3ccccc23)cc1.c1ccc(Nc2cc3ccccc3c3oc4ccccc4c23)cc1.c1ccc(Nc2ccc3c(c2)oc2c4ccccc4ccc32)cc1.c1ccc(Nc2ccc3oc4c5ccccc5ccc4c3c2)cc1.c1ccc(Nc2cccc3c2oc2c4ccccc4ccc32)cc1.c1ccc(Nc2cccc3oc4c5ccccc5ccc4c23)cc1. The Bertz CT molecular complexity index is 9900. The molecule has 6 heterocycles. The van der Waals surface area contributed by atoms with Gasteiger partial charge in [0.2, 0.25) is 0 Å². The molecule has 0 aliphatic carbocycles. The van der Waals surface area contributed by atoms with E-state index in [9.17, 15) is 0 Å². The van der Waals surface area contributed by atoms with Crippen LogP contribution >= 0.6 is 0 Å². The molecule has 0 saturated heterocycles. The minimum absolute atomic E-state index is 0.896. The van der Waals surface area contributed by atoms with E-state index in [4.69, 9.17) is 26.5 Å². The van der Waals surface area contributed by atoms with E-state index < -0.39 is 0 Å². The first kappa shape index (κ1) is 86.1. The third-order valence-electron chi connectivity index (χ3n) is 26.6. The van der Waals surface area contributed by atoms with Crippen molar-refractivity contribution >= 4 is 265 Å². The van der Waals surface area contributed by atoms with Gasteiger partial charge in [-0.25, -0.2) is 0 Å². The van der Waals surface area contributed by atoms with Crippen molar-refractivity contribution in [1.29, 1.82) is 0 Å². The van der Waals surface area contributed by atoms with Gasteiger partial charge >= 0.3 is 0 Å². The van der Waals surface area contributed by atoms with Crippen molar-refractivity contribution in [2.75, 3.05) is 31.9 Å². The quantitative estimate of drug-likeness (QED) is 0.0691. The number of benzene rings is 24. The maximum Gasteiger partial charge on any atom is 0.158 e. The Morgan fingerprint density at radius 1 is 0.111 bits per heavy atom. The van der Waals surface area contributed by atoms with Crippen molar-refractivity contribution in [3.8, 4) is 0 Å². The Hall–Kier alpha value is -19.6. The van der Waals surface area contributed by atoms with E-state index in [1.165, 1.54) is 26.9 Å². The van der Waals surface area contributed by atoms with Gasteiger partial charge in [-0.05, 0) is 197 Å². The van der Waals surface area contributed by atoms with Gasteiger partial charge in [0.25, 0.3) is 0 Å². The molecule has 6 aromatic heterocycles. The fourth-order valence-corrected chi connectivity index (χ4v) is 19.8. The van der Waals surface area contributed by atoms with E-state index in [1.54, 1.807) is 0 Å². The maximum atomic E-state index is 6.31. The van der Waals surface area contributed by atoms with Gasteiger partial charge in [0.15, 0.2) is 5.58 Å². The zero-order valence-electron chi connectivity index (χ0n) is 77.9. The van der Waals surface area contributed by atoms with Crippen LogP contribution in [0.5, 0.6) is 0 Å². The van der Waals surface area contributed by atoms with Gasteiger partial charge in [-0.3, -0.25) is 0 Å². The summed E-state index contributed by atoms with van der Waals surface area (Å²) in [4.78, 5) is 0. The first-order valence-electron chi connectivity index (χ1n) is 48.3. The third kappa shape index (κ3) is 16.9. The van der Waals surface area contributed by atoms with Crippen molar-refractivity contribution in [2.45, 2.75) is 0 Å². The average Bonchev–Trinajstić information content (AvgIpc) is 1.58. The minimum atomic E-state index is 0.896. The van der Waals surface area contributed by atoms with Crippen molar-refractivity contribution in [3.63, 3.8) is 0 Å². The second-order valence-electron chi connectivity index (χ2n) is 35.7. The monoisotopic (exact) mass is 1850 g/mol. The number of hydrogen-bond donors (Lipinski definition) is 6. The number of furan rings is 6. The number of rotatable bonds is 12. The van der Waals surface area contributed by atoms with Gasteiger partial charge < -0.3 is 58.4 Å². The lowest BCUT2D eigenvalue weighted by Crippen LogP contribution is -1.91. The van der Waals surface area contributed by atoms with Gasteiger partial charge in [-0.2, -0.15) is 0 Å². The average molecular weight is 1860 g/mol. The standard InChI is InChI=1S/6C22H15NO/c1-2-9-16(10-3-1)23-19-14-15-8-4-5-11-17(15)22-21(19)18-12-6-7-13-20(18)24-22;1-2-8-15(9-3-1)23-20-14-19-17-11-6-7-13-21(17)24-22(19)18-12-5-4-10-16(18)20;1-2-8-16(9-3-1)23-19-11-6-12-20-21(19)18-14-13-15-7-4-5-10-17(15)22(18)24-20;1-2-8-16(9-3-1)23-20-12-6-11-18-19-14-13-15-7-4-5-10-17(15)21(19)24-22(18)20;1-2-7-16(8-3-1)23-17-11-13-19-20-12-10-15-6-4-5-9-18(15)22(20)24-21(19)14-17;1-2-7-16(8-3-1)23-17-11-13-21-20(14-17)19-12-10-15-6-4-5-9-18(15)22(19)24-21/h6*1-14,23H. The van der Waals surface area contributed by atoms with Crippen LogP contribution in [-0.4, -0.2) is 0 Å². The van der Waals surface area contributed by atoms with E-state index in [2.05, 4.69) is 390 Å². The first-order chi connectivity index (χ1) is 71.4. The predicted octanol–water partition coefficient (Wildman–Crippen LogP) is 38.9. The Balaban J connectivity index is 0.0000000905. The van der Waals surface area contributed by atoms with Crippen molar-refractivity contribution in [1.82, 2.24) is 0 Å². The van der Waals surface area contributed by atoms with E-state index in [1.807, 2.05) is 152 Å². The molecule has 684 valence electrons. The predicted molar refractivity (Wildman–Crippen MR) is 606 cm³/mol. The summed E-state index contributed by atoms with van der Waals surface area (Å²) in [6.07, 6.45) is 0. The highest BCUT2D eigenvalue weighted by atomic mass is 16.4. The molecule has 0 unspecified atom stereocenters. The molecule has 6 N–H and O–H groups in total. The van der Waals surface area contributed by atoms with Gasteiger partial charge in [0, 0.05) is 149 Å². The molecule has 0 aliphatic rings. The smallest absolute Gasteiger partial charge is 0.158 e. The van der Waals surface area contributed by atoms with E-state index >= 15 is 0 Å². The van der Waals surface area contributed by atoms with Gasteiger partial charge in [0.05, 0.1) is 27.8 Å². The summed E-state index contributed by atoms with van der Waals surface area (Å²) in [5.41, 5.74) is 23.9. The summed E-state index contributed by atoms with van der Waals surface area (Å²) in [7, 11) is 0. The van der Waals surface area contributed by atoms with Crippen molar-refractivity contribution < 1.29 is 26.5 Å². The van der Waals surface area contributed by atoms with Crippen LogP contribution in [0.4, 0.5) is 68.2 Å². The largest absolute Gasteiger partial charge is 0.455 e. The molecular formula is C132H90N6O6. The molecule has 0 aliphatic heterocycles. The fraction of sp³-hybridized carbons (Fsp3) is 0. The van der Waals surface area contributed by atoms with Crippen LogP contribution in [0.15, 0.2) is 536 Å². The van der Waals surface area contributed by atoms with Crippen molar-refractivity contribution in [3.05, 3.63) is 510 Å². The molecule has 12 heteroatoms. The number of para-hydroxylation sites is 9. The topological polar surface area (TPSA) is 151 Å². The third-order valence-corrected chi connectivity index (χ3v) is 26.6. The normalized spacial score (nSPS) is 11.3. The van der Waals surface area contributed by atoms with Crippen LogP contribution < -0.4 is 31.9 Å². The molecule has 0 radical (unpaired) electrons. The summed E-state index contributed by atoms with van der Waals surface area (Å²) in [5, 5.41) is 48.7. The van der Waals surface area contributed by atoms with E-state index in [-0.39, 0.29) is 0 Å². The minimum Gasteiger partial charge on any atom is -0.455 e. The van der Waals surface area contributed by atoms with E-state index in [0.29, 0.717) is 0 Å². The Morgan fingerprint density at radius 3 is 0.958 bits per heavy atom. The second-order valence-corrected chi connectivity index (χ2v) is 35.7. The lowest BCUT2D eigenvalue weighted by atomic mass is 10.0. The van der Waals surface area contributed by atoms with Crippen LogP contribution in [0.25, 0.3) is 196 Å². The molecule has 12 nitrogen and oxygen atoms in total. The molecule has 30 rings (SSSR count).